The third kappa shape index (κ3) is 3.60. The second-order valence-corrected chi connectivity index (χ2v) is 9.42. The number of benzene rings is 1. The summed E-state index contributed by atoms with van der Waals surface area (Å²) in [6.07, 6.45) is 0. The number of halogens is 1. The number of rotatable bonds is 4. The predicted octanol–water partition coefficient (Wildman–Crippen LogP) is 1.60. The lowest BCUT2D eigenvalue weighted by Gasteiger charge is -2.31. The molecule has 1 aromatic heterocycles. The zero-order chi connectivity index (χ0) is 15.6. The van der Waals surface area contributed by atoms with Crippen molar-refractivity contribution in [1.29, 1.82) is 0 Å². The van der Waals surface area contributed by atoms with Crippen LogP contribution < -0.4 is 4.90 Å². The van der Waals surface area contributed by atoms with Crippen LogP contribution in [0.1, 0.15) is 5.56 Å². The van der Waals surface area contributed by atoms with Crippen molar-refractivity contribution in [2.45, 2.75) is 10.8 Å². The summed E-state index contributed by atoms with van der Waals surface area (Å²) in [5.74, 6) is 0. The number of sulfonamides is 1. The Morgan fingerprint density at radius 2 is 1.82 bits per heavy atom. The van der Waals surface area contributed by atoms with Crippen LogP contribution in [0.5, 0.6) is 0 Å². The fourth-order valence-electron chi connectivity index (χ4n) is 2.65. The van der Waals surface area contributed by atoms with Crippen molar-refractivity contribution in [1.82, 2.24) is 4.31 Å². The lowest BCUT2D eigenvalue weighted by Crippen LogP contribution is -3.13. The number of thiophene rings is 1. The summed E-state index contributed by atoms with van der Waals surface area (Å²) in [7, 11) is -3.29. The van der Waals surface area contributed by atoms with E-state index in [2.05, 4.69) is 28.1 Å². The highest BCUT2D eigenvalue weighted by molar-refractivity contribution is 9.10. The second kappa shape index (κ2) is 6.80. The molecule has 2 aromatic rings. The monoisotopic (exact) mass is 401 g/mol. The highest BCUT2D eigenvalue weighted by Gasteiger charge is 2.30. The van der Waals surface area contributed by atoms with Gasteiger partial charge < -0.3 is 4.90 Å². The summed E-state index contributed by atoms with van der Waals surface area (Å²) in [5, 5.41) is 1.81. The summed E-state index contributed by atoms with van der Waals surface area (Å²) in [6, 6.07) is 11.8. The Morgan fingerprint density at radius 3 is 2.41 bits per heavy atom. The lowest BCUT2D eigenvalue weighted by molar-refractivity contribution is -0.917. The van der Waals surface area contributed by atoms with Crippen LogP contribution in [0.4, 0.5) is 0 Å². The first-order valence-corrected chi connectivity index (χ1v) is 10.3. The molecule has 22 heavy (non-hydrogen) atoms. The maximum absolute atomic E-state index is 12.5. The highest BCUT2D eigenvalue weighted by Crippen LogP contribution is 2.20. The number of quaternary nitrogens is 1. The van der Waals surface area contributed by atoms with Crippen molar-refractivity contribution in [3.63, 3.8) is 0 Å². The van der Waals surface area contributed by atoms with E-state index >= 15 is 0 Å². The van der Waals surface area contributed by atoms with Gasteiger partial charge in [0, 0.05) is 10.0 Å². The van der Waals surface area contributed by atoms with Crippen LogP contribution >= 0.6 is 27.3 Å². The molecule has 2 heterocycles. The minimum atomic E-state index is -3.29. The summed E-state index contributed by atoms with van der Waals surface area (Å²) < 4.78 is 28.1. The summed E-state index contributed by atoms with van der Waals surface area (Å²) in [5.41, 5.74) is 1.28. The molecule has 0 spiro atoms. The van der Waals surface area contributed by atoms with Crippen molar-refractivity contribution >= 4 is 37.3 Å². The Labute approximate surface area is 143 Å². The van der Waals surface area contributed by atoms with E-state index in [9.17, 15) is 8.42 Å². The van der Waals surface area contributed by atoms with E-state index in [0.717, 1.165) is 24.1 Å². The van der Waals surface area contributed by atoms with Crippen LogP contribution in [0.2, 0.25) is 0 Å². The van der Waals surface area contributed by atoms with Gasteiger partial charge in [0.2, 0.25) is 0 Å². The van der Waals surface area contributed by atoms with Crippen LogP contribution in [-0.2, 0) is 16.6 Å². The molecular weight excluding hydrogens is 384 g/mol. The van der Waals surface area contributed by atoms with E-state index in [1.165, 1.54) is 21.8 Å². The molecule has 4 nitrogen and oxygen atoms in total. The molecule has 0 radical (unpaired) electrons. The van der Waals surface area contributed by atoms with E-state index in [0.29, 0.717) is 17.3 Å². The van der Waals surface area contributed by atoms with Crippen LogP contribution in [0, 0.1) is 0 Å². The average Bonchev–Trinajstić information content (AvgIpc) is 3.05. The first kappa shape index (κ1) is 16.1. The molecule has 118 valence electrons. The molecule has 1 saturated heterocycles. The fraction of sp³-hybridized carbons (Fsp3) is 0.333. The van der Waals surface area contributed by atoms with Crippen molar-refractivity contribution < 1.29 is 13.3 Å². The van der Waals surface area contributed by atoms with Crippen molar-refractivity contribution in [2.75, 3.05) is 26.2 Å². The largest absolute Gasteiger partial charge is 0.329 e. The summed E-state index contributed by atoms with van der Waals surface area (Å²) in [6.45, 7) is 3.82. The number of nitrogens with one attached hydrogen (secondary N) is 1. The SMILES string of the molecule is O=S(=O)(c1cccs1)N1CC[NH+](Cc2ccc(Br)cc2)CC1. The second-order valence-electron chi connectivity index (χ2n) is 5.39. The van der Waals surface area contributed by atoms with E-state index in [-0.39, 0.29) is 0 Å². The number of hydrogen-bond donors (Lipinski definition) is 1. The third-order valence-corrected chi connectivity index (χ3v) is 7.69. The van der Waals surface area contributed by atoms with Crippen LogP contribution in [0.15, 0.2) is 50.5 Å². The zero-order valence-corrected chi connectivity index (χ0v) is 15.3. The maximum atomic E-state index is 12.5. The van der Waals surface area contributed by atoms with Gasteiger partial charge in [0.15, 0.2) is 0 Å². The van der Waals surface area contributed by atoms with Gasteiger partial charge in [-0.05, 0) is 23.6 Å². The number of nitrogens with zero attached hydrogens (tertiary/aromatic N) is 1. The van der Waals surface area contributed by atoms with Gasteiger partial charge in [0.1, 0.15) is 10.8 Å². The zero-order valence-electron chi connectivity index (χ0n) is 12.0. The third-order valence-electron chi connectivity index (χ3n) is 3.89. The number of piperazine rings is 1. The molecular formula is C15H18BrN2O2S2+. The van der Waals surface area contributed by atoms with Crippen molar-refractivity contribution in [3.05, 3.63) is 51.8 Å². The minimum Gasteiger partial charge on any atom is -0.329 e. The van der Waals surface area contributed by atoms with Gasteiger partial charge in [-0.1, -0.05) is 34.1 Å². The molecule has 0 amide bonds. The Hall–Kier alpha value is -0.730. The minimum absolute atomic E-state index is 0.448. The molecule has 0 bridgehead atoms. The molecule has 1 aliphatic heterocycles. The molecule has 1 N–H and O–H groups in total. The maximum Gasteiger partial charge on any atom is 0.252 e. The van der Waals surface area contributed by atoms with Gasteiger partial charge in [0.25, 0.3) is 10.0 Å². The van der Waals surface area contributed by atoms with Crippen LogP contribution in [0.25, 0.3) is 0 Å². The van der Waals surface area contributed by atoms with Gasteiger partial charge in [-0.25, -0.2) is 8.42 Å². The normalized spacial score (nSPS) is 17.7. The lowest BCUT2D eigenvalue weighted by atomic mass is 10.2. The Bertz CT molecular complexity index is 707. The van der Waals surface area contributed by atoms with Gasteiger partial charge in [0.05, 0.1) is 26.2 Å². The van der Waals surface area contributed by atoms with E-state index in [1.807, 2.05) is 17.5 Å². The molecule has 3 rings (SSSR count). The van der Waals surface area contributed by atoms with E-state index in [4.69, 9.17) is 0 Å². The molecule has 0 saturated carbocycles. The first-order chi connectivity index (χ1) is 10.6. The van der Waals surface area contributed by atoms with Gasteiger partial charge in [-0.3, -0.25) is 0 Å². The summed E-state index contributed by atoms with van der Waals surface area (Å²) in [4.78, 5) is 1.43. The van der Waals surface area contributed by atoms with Crippen molar-refractivity contribution in [3.8, 4) is 0 Å². The standard InChI is InChI=1S/C15H17BrN2O2S2/c16-14-5-3-13(4-6-14)12-17-7-9-18(10-8-17)22(19,20)15-2-1-11-21-15/h1-6,11H,7-10,12H2/p+1. The Balaban J connectivity index is 1.60. The molecule has 0 atom stereocenters. The van der Waals surface area contributed by atoms with E-state index < -0.39 is 10.0 Å². The van der Waals surface area contributed by atoms with Crippen LogP contribution in [0.3, 0.4) is 0 Å². The summed E-state index contributed by atoms with van der Waals surface area (Å²) >= 11 is 4.73. The number of hydrogen-bond acceptors (Lipinski definition) is 3. The average molecular weight is 402 g/mol. The fourth-order valence-corrected chi connectivity index (χ4v) is 5.50. The van der Waals surface area contributed by atoms with Gasteiger partial charge in [-0.2, -0.15) is 4.31 Å². The Kier molecular flexibility index (Phi) is 4.99. The van der Waals surface area contributed by atoms with Crippen LogP contribution in [-0.4, -0.2) is 38.9 Å². The first-order valence-electron chi connectivity index (χ1n) is 7.17. The molecule has 0 unspecified atom stereocenters. The molecule has 1 aliphatic rings. The molecule has 1 fully saturated rings. The molecule has 1 aromatic carbocycles. The van der Waals surface area contributed by atoms with Gasteiger partial charge >= 0.3 is 0 Å². The Morgan fingerprint density at radius 1 is 1.14 bits per heavy atom. The topological polar surface area (TPSA) is 41.8 Å². The smallest absolute Gasteiger partial charge is 0.252 e. The molecule has 7 heteroatoms. The predicted molar refractivity (Wildman–Crippen MR) is 91.6 cm³/mol. The van der Waals surface area contributed by atoms with Crippen molar-refractivity contribution in [2.24, 2.45) is 0 Å². The van der Waals surface area contributed by atoms with E-state index in [1.54, 1.807) is 16.4 Å². The quantitative estimate of drug-likeness (QED) is 0.844. The van der Waals surface area contributed by atoms with Gasteiger partial charge in [-0.15, -0.1) is 11.3 Å². The highest BCUT2D eigenvalue weighted by atomic mass is 79.9. The molecule has 0 aliphatic carbocycles.